The number of benzene rings is 1. The van der Waals surface area contributed by atoms with Gasteiger partial charge in [-0.3, -0.25) is 4.79 Å². The van der Waals surface area contributed by atoms with Crippen LogP contribution in [0.25, 0.3) is 0 Å². The Morgan fingerprint density at radius 3 is 2.62 bits per heavy atom. The maximum absolute atomic E-state index is 12.4. The number of amides is 1. The summed E-state index contributed by atoms with van der Waals surface area (Å²) in [5.41, 5.74) is 6.60. The summed E-state index contributed by atoms with van der Waals surface area (Å²) in [4.78, 5) is 12.4. The topological polar surface area (TPSA) is 87.7 Å². The van der Waals surface area contributed by atoms with Gasteiger partial charge in [0.2, 0.25) is 5.91 Å². The third-order valence-electron chi connectivity index (χ3n) is 4.58. The summed E-state index contributed by atoms with van der Waals surface area (Å²) in [5, 5.41) is 15.2. The summed E-state index contributed by atoms with van der Waals surface area (Å²) in [6.45, 7) is 0. The molecule has 2 aliphatic carbocycles. The first-order chi connectivity index (χ1) is 10.1. The zero-order valence-corrected chi connectivity index (χ0v) is 12.3. The predicted octanol–water partition coefficient (Wildman–Crippen LogP) is 2.81. The summed E-state index contributed by atoms with van der Waals surface area (Å²) >= 11 is 5.97. The molecule has 0 bridgehead atoms. The van der Waals surface area contributed by atoms with E-state index >= 15 is 0 Å². The largest absolute Gasteiger partial charge is 0.409 e. The van der Waals surface area contributed by atoms with Crippen molar-refractivity contribution < 1.29 is 10.0 Å². The van der Waals surface area contributed by atoms with E-state index in [0.717, 1.165) is 12.8 Å². The van der Waals surface area contributed by atoms with Gasteiger partial charge in [0.15, 0.2) is 5.84 Å². The minimum Gasteiger partial charge on any atom is -0.409 e. The van der Waals surface area contributed by atoms with Crippen molar-refractivity contribution in [1.82, 2.24) is 0 Å². The molecular weight excluding hydrogens is 290 g/mol. The first-order valence-electron chi connectivity index (χ1n) is 7.20. The Balaban J connectivity index is 1.78. The monoisotopic (exact) mass is 307 g/mol. The number of fused-ring (bicyclic) bond motifs is 1. The van der Waals surface area contributed by atoms with Crippen LogP contribution in [0.3, 0.4) is 0 Å². The second-order valence-electron chi connectivity index (χ2n) is 5.80. The van der Waals surface area contributed by atoms with Gasteiger partial charge >= 0.3 is 0 Å². The Morgan fingerprint density at radius 2 is 2.00 bits per heavy atom. The summed E-state index contributed by atoms with van der Waals surface area (Å²) in [6, 6.07) is 4.90. The molecule has 1 amide bonds. The SMILES string of the molecule is N/C(=N/O)c1ccc(Cl)cc1NC(=O)C1C2CCCCC21. The predicted molar refractivity (Wildman–Crippen MR) is 81.5 cm³/mol. The molecule has 0 spiro atoms. The lowest BCUT2D eigenvalue weighted by molar-refractivity contribution is -0.117. The molecule has 4 N–H and O–H groups in total. The molecule has 0 aromatic heterocycles. The van der Waals surface area contributed by atoms with Crippen molar-refractivity contribution in [1.29, 1.82) is 0 Å². The molecule has 2 fully saturated rings. The summed E-state index contributed by atoms with van der Waals surface area (Å²) in [5.74, 6) is 1.14. The number of carbonyl (C=O) groups excluding carboxylic acids is 1. The number of nitrogens with zero attached hydrogens (tertiary/aromatic N) is 1. The van der Waals surface area contributed by atoms with E-state index in [0.29, 0.717) is 28.1 Å². The molecule has 2 saturated carbocycles. The molecule has 2 atom stereocenters. The lowest BCUT2D eigenvalue weighted by Gasteiger charge is -2.10. The van der Waals surface area contributed by atoms with Gasteiger partial charge in [0, 0.05) is 16.5 Å². The summed E-state index contributed by atoms with van der Waals surface area (Å²) < 4.78 is 0. The van der Waals surface area contributed by atoms with Gasteiger partial charge in [0.05, 0.1) is 5.69 Å². The second-order valence-corrected chi connectivity index (χ2v) is 6.24. The second kappa shape index (κ2) is 5.56. The van der Waals surface area contributed by atoms with E-state index in [4.69, 9.17) is 22.5 Å². The molecule has 1 aromatic carbocycles. The first kappa shape index (κ1) is 14.2. The van der Waals surface area contributed by atoms with E-state index in [1.54, 1.807) is 18.2 Å². The minimum absolute atomic E-state index is 0.0150. The Hall–Kier alpha value is -1.75. The van der Waals surface area contributed by atoms with Gasteiger partial charge in [-0.25, -0.2) is 0 Å². The molecule has 0 radical (unpaired) electrons. The first-order valence-corrected chi connectivity index (χ1v) is 7.58. The molecule has 2 aliphatic rings. The molecule has 21 heavy (non-hydrogen) atoms. The highest BCUT2D eigenvalue weighted by Gasteiger charge is 2.54. The normalized spacial score (nSPS) is 27.9. The number of rotatable bonds is 3. The fourth-order valence-electron chi connectivity index (χ4n) is 3.49. The lowest BCUT2D eigenvalue weighted by atomic mass is 10.0. The standard InChI is InChI=1S/C15H18ClN3O2/c16-8-5-6-11(14(17)19-21)12(7-8)18-15(20)13-9-3-1-2-4-10(9)13/h5-7,9-10,13,21H,1-4H2,(H2,17,19)(H,18,20). The van der Waals surface area contributed by atoms with Crippen LogP contribution in [0, 0.1) is 17.8 Å². The van der Waals surface area contributed by atoms with Crippen LogP contribution in [-0.2, 0) is 4.79 Å². The van der Waals surface area contributed by atoms with Crippen LogP contribution in [0.2, 0.25) is 5.02 Å². The number of hydrogen-bond donors (Lipinski definition) is 3. The van der Waals surface area contributed by atoms with Gasteiger partial charge in [0.25, 0.3) is 0 Å². The van der Waals surface area contributed by atoms with Crippen LogP contribution >= 0.6 is 11.6 Å². The van der Waals surface area contributed by atoms with Gasteiger partial charge in [-0.2, -0.15) is 0 Å². The highest BCUT2D eigenvalue weighted by atomic mass is 35.5. The van der Waals surface area contributed by atoms with Gasteiger partial charge in [-0.05, 0) is 42.9 Å². The van der Waals surface area contributed by atoms with Crippen molar-refractivity contribution in [2.75, 3.05) is 5.32 Å². The number of halogens is 1. The van der Waals surface area contributed by atoms with Gasteiger partial charge in [-0.1, -0.05) is 29.6 Å². The quantitative estimate of drug-likeness (QED) is 0.347. The maximum Gasteiger partial charge on any atom is 0.228 e. The highest BCUT2D eigenvalue weighted by molar-refractivity contribution is 6.31. The Morgan fingerprint density at radius 1 is 1.33 bits per heavy atom. The molecule has 112 valence electrons. The lowest BCUT2D eigenvalue weighted by Crippen LogP contribution is -2.20. The van der Waals surface area contributed by atoms with Crippen LogP contribution in [0.4, 0.5) is 5.69 Å². The molecule has 0 saturated heterocycles. The number of carbonyl (C=O) groups is 1. The smallest absolute Gasteiger partial charge is 0.228 e. The maximum atomic E-state index is 12.4. The highest BCUT2D eigenvalue weighted by Crippen LogP contribution is 2.55. The molecule has 1 aromatic rings. The van der Waals surface area contributed by atoms with Gasteiger partial charge in [0.1, 0.15) is 0 Å². The average Bonchev–Trinajstić information content (AvgIpc) is 3.21. The van der Waals surface area contributed by atoms with E-state index in [1.165, 1.54) is 12.8 Å². The zero-order chi connectivity index (χ0) is 15.0. The molecular formula is C15H18ClN3O2. The number of amidine groups is 1. The fourth-order valence-corrected chi connectivity index (χ4v) is 3.67. The van der Waals surface area contributed by atoms with Gasteiger partial charge in [-0.15, -0.1) is 0 Å². The average molecular weight is 308 g/mol. The van der Waals surface area contributed by atoms with E-state index in [2.05, 4.69) is 10.5 Å². The third kappa shape index (κ3) is 2.70. The Kier molecular flexibility index (Phi) is 3.76. The van der Waals surface area contributed by atoms with Crippen molar-refractivity contribution in [3.05, 3.63) is 28.8 Å². The minimum atomic E-state index is -0.0461. The van der Waals surface area contributed by atoms with E-state index < -0.39 is 0 Å². The van der Waals surface area contributed by atoms with Crippen LogP contribution in [-0.4, -0.2) is 17.0 Å². The van der Waals surface area contributed by atoms with Crippen molar-refractivity contribution >= 4 is 29.0 Å². The van der Waals surface area contributed by atoms with Crippen molar-refractivity contribution in [2.45, 2.75) is 25.7 Å². The van der Waals surface area contributed by atoms with Gasteiger partial charge < -0.3 is 16.3 Å². The number of hydrogen-bond acceptors (Lipinski definition) is 3. The van der Waals surface area contributed by atoms with Crippen molar-refractivity contribution in [3.63, 3.8) is 0 Å². The number of nitrogens with one attached hydrogen (secondary N) is 1. The Labute approximate surface area is 128 Å². The van der Waals surface area contributed by atoms with Crippen LogP contribution in [0.5, 0.6) is 0 Å². The molecule has 0 aliphatic heterocycles. The summed E-state index contributed by atoms with van der Waals surface area (Å²) in [6.07, 6.45) is 4.73. The number of nitrogens with two attached hydrogens (primary N) is 1. The van der Waals surface area contributed by atoms with Crippen LogP contribution in [0.15, 0.2) is 23.4 Å². The van der Waals surface area contributed by atoms with E-state index in [1.807, 2.05) is 0 Å². The molecule has 2 unspecified atom stereocenters. The molecule has 5 nitrogen and oxygen atoms in total. The van der Waals surface area contributed by atoms with Crippen LogP contribution in [0.1, 0.15) is 31.2 Å². The zero-order valence-electron chi connectivity index (χ0n) is 11.6. The molecule has 3 rings (SSSR count). The van der Waals surface area contributed by atoms with E-state index in [-0.39, 0.29) is 17.7 Å². The van der Waals surface area contributed by atoms with Crippen LogP contribution < -0.4 is 11.1 Å². The fraction of sp³-hybridized carbons (Fsp3) is 0.467. The van der Waals surface area contributed by atoms with Crippen molar-refractivity contribution in [3.8, 4) is 0 Å². The van der Waals surface area contributed by atoms with Crippen molar-refractivity contribution in [2.24, 2.45) is 28.6 Å². The number of anilines is 1. The third-order valence-corrected chi connectivity index (χ3v) is 4.82. The summed E-state index contributed by atoms with van der Waals surface area (Å²) in [7, 11) is 0. The van der Waals surface area contributed by atoms with E-state index in [9.17, 15) is 4.79 Å². The Bertz CT molecular complexity index is 591. The number of oxime groups is 1. The molecule has 6 heteroatoms. The molecule has 0 heterocycles.